The van der Waals surface area contributed by atoms with Gasteiger partial charge in [-0.25, -0.2) is 9.50 Å². The van der Waals surface area contributed by atoms with Gasteiger partial charge in [0.25, 0.3) is 0 Å². The molecule has 0 bridgehead atoms. The van der Waals surface area contributed by atoms with Crippen LogP contribution in [0.15, 0.2) is 18.5 Å². The molecule has 0 unspecified atom stereocenters. The molecular formula is C11H14F3N5. The van der Waals surface area contributed by atoms with Gasteiger partial charge in [-0.15, -0.1) is 0 Å². The third-order valence-electron chi connectivity index (χ3n) is 2.56. The van der Waals surface area contributed by atoms with E-state index in [4.69, 9.17) is 5.73 Å². The first-order chi connectivity index (χ1) is 8.90. The first-order valence-corrected chi connectivity index (χ1v) is 5.73. The maximum absolute atomic E-state index is 12.6. The molecule has 0 atom stereocenters. The summed E-state index contributed by atoms with van der Waals surface area (Å²) in [6.07, 6.45) is -1.28. The summed E-state index contributed by atoms with van der Waals surface area (Å²) in [5, 5.41) is 4.15. The number of aryl methyl sites for hydroxylation is 1. The van der Waals surface area contributed by atoms with Gasteiger partial charge in [-0.3, -0.25) is 0 Å². The molecule has 0 saturated heterocycles. The molecule has 2 aromatic rings. The molecule has 0 aromatic carbocycles. The summed E-state index contributed by atoms with van der Waals surface area (Å²) in [7, 11) is 0. The second-order valence-corrected chi connectivity index (χ2v) is 4.19. The highest BCUT2D eigenvalue weighted by atomic mass is 19.4. The predicted octanol–water partition coefficient (Wildman–Crippen LogP) is 1.37. The molecule has 2 N–H and O–H groups in total. The number of nitrogens with zero attached hydrogens (tertiary/aromatic N) is 4. The fraction of sp³-hybridized carbons (Fsp3) is 0.455. The molecule has 0 aliphatic heterocycles. The van der Waals surface area contributed by atoms with Crippen molar-refractivity contribution in [1.82, 2.24) is 14.6 Å². The van der Waals surface area contributed by atoms with Crippen molar-refractivity contribution in [3.8, 4) is 0 Å². The van der Waals surface area contributed by atoms with Crippen molar-refractivity contribution in [2.24, 2.45) is 5.73 Å². The van der Waals surface area contributed by atoms with Crippen molar-refractivity contribution in [3.05, 3.63) is 24.2 Å². The Morgan fingerprint density at radius 2 is 2.16 bits per heavy atom. The minimum atomic E-state index is -4.31. The van der Waals surface area contributed by atoms with E-state index in [1.807, 2.05) is 0 Å². The van der Waals surface area contributed by atoms with Crippen LogP contribution < -0.4 is 10.6 Å². The van der Waals surface area contributed by atoms with E-state index >= 15 is 0 Å². The SMILES string of the molecule is Cc1cc2c(N(CCN)CC(F)(F)F)nccn2n1. The van der Waals surface area contributed by atoms with Crippen LogP contribution in [0.2, 0.25) is 0 Å². The number of halogens is 3. The molecule has 8 heteroatoms. The second-order valence-electron chi connectivity index (χ2n) is 4.19. The Morgan fingerprint density at radius 3 is 2.79 bits per heavy atom. The molecule has 2 aromatic heterocycles. The Balaban J connectivity index is 2.43. The zero-order chi connectivity index (χ0) is 14.0. The molecule has 19 heavy (non-hydrogen) atoms. The molecule has 5 nitrogen and oxygen atoms in total. The van der Waals surface area contributed by atoms with E-state index in [1.165, 1.54) is 10.7 Å². The standard InChI is InChI=1S/C11H14F3N5/c1-8-6-9-10(16-3-5-19(9)17-8)18(4-2-15)7-11(12,13)14/h3,5-6H,2,4,7,15H2,1H3. The second kappa shape index (κ2) is 5.04. The van der Waals surface area contributed by atoms with Crippen LogP contribution in [0.4, 0.5) is 19.0 Å². The van der Waals surface area contributed by atoms with Crippen LogP contribution in [0.3, 0.4) is 0 Å². The Morgan fingerprint density at radius 1 is 1.42 bits per heavy atom. The van der Waals surface area contributed by atoms with Crippen LogP contribution >= 0.6 is 0 Å². The quantitative estimate of drug-likeness (QED) is 0.914. The zero-order valence-electron chi connectivity index (χ0n) is 10.4. The Bertz CT molecular complexity index is 563. The van der Waals surface area contributed by atoms with E-state index in [-0.39, 0.29) is 18.9 Å². The smallest absolute Gasteiger partial charge is 0.344 e. The van der Waals surface area contributed by atoms with Gasteiger partial charge >= 0.3 is 6.18 Å². The summed E-state index contributed by atoms with van der Waals surface area (Å²) in [4.78, 5) is 5.15. The van der Waals surface area contributed by atoms with Gasteiger partial charge in [0.1, 0.15) is 12.1 Å². The highest BCUT2D eigenvalue weighted by Crippen LogP contribution is 2.24. The number of hydrogen-bond acceptors (Lipinski definition) is 4. The molecule has 0 amide bonds. The number of nitrogens with two attached hydrogens (primary N) is 1. The van der Waals surface area contributed by atoms with Gasteiger partial charge in [-0.1, -0.05) is 0 Å². The van der Waals surface area contributed by atoms with Crippen molar-refractivity contribution in [2.45, 2.75) is 13.1 Å². The first-order valence-electron chi connectivity index (χ1n) is 5.73. The average molecular weight is 273 g/mol. The van der Waals surface area contributed by atoms with Gasteiger partial charge in [-0.05, 0) is 13.0 Å². The molecule has 0 radical (unpaired) electrons. The third-order valence-corrected chi connectivity index (χ3v) is 2.56. The molecule has 104 valence electrons. The summed E-state index contributed by atoms with van der Waals surface area (Å²) in [6, 6.07) is 1.70. The summed E-state index contributed by atoms with van der Waals surface area (Å²) >= 11 is 0. The normalized spacial score (nSPS) is 12.1. The minimum Gasteiger partial charge on any atom is -0.344 e. The van der Waals surface area contributed by atoms with Crippen LogP contribution in [-0.2, 0) is 0 Å². The maximum Gasteiger partial charge on any atom is 0.405 e. The predicted molar refractivity (Wildman–Crippen MR) is 65.0 cm³/mol. The van der Waals surface area contributed by atoms with Crippen molar-refractivity contribution >= 4 is 11.3 Å². The van der Waals surface area contributed by atoms with E-state index in [0.29, 0.717) is 11.2 Å². The lowest BCUT2D eigenvalue weighted by Gasteiger charge is -2.24. The summed E-state index contributed by atoms with van der Waals surface area (Å²) in [5.41, 5.74) is 6.63. The van der Waals surface area contributed by atoms with Gasteiger partial charge in [0.05, 0.1) is 5.69 Å². The Hall–Kier alpha value is -1.83. The topological polar surface area (TPSA) is 59.5 Å². The molecule has 0 saturated carbocycles. The van der Waals surface area contributed by atoms with E-state index in [9.17, 15) is 13.2 Å². The molecule has 2 heterocycles. The monoisotopic (exact) mass is 273 g/mol. The van der Waals surface area contributed by atoms with Crippen molar-refractivity contribution in [1.29, 1.82) is 0 Å². The van der Waals surface area contributed by atoms with Gasteiger partial charge in [0, 0.05) is 25.5 Å². The largest absolute Gasteiger partial charge is 0.405 e. The lowest BCUT2D eigenvalue weighted by molar-refractivity contribution is -0.119. The van der Waals surface area contributed by atoms with E-state index < -0.39 is 12.7 Å². The number of aromatic nitrogens is 3. The highest BCUT2D eigenvalue weighted by Gasteiger charge is 2.31. The number of rotatable bonds is 4. The number of hydrogen-bond donors (Lipinski definition) is 1. The van der Waals surface area contributed by atoms with Gasteiger partial charge in [0.15, 0.2) is 5.82 Å². The van der Waals surface area contributed by atoms with Crippen LogP contribution in [0.25, 0.3) is 5.52 Å². The Kier molecular flexibility index (Phi) is 3.61. The fourth-order valence-electron chi connectivity index (χ4n) is 1.91. The maximum atomic E-state index is 12.6. The van der Waals surface area contributed by atoms with Gasteiger partial charge < -0.3 is 10.6 Å². The van der Waals surface area contributed by atoms with Crippen LogP contribution in [0, 0.1) is 6.92 Å². The fourth-order valence-corrected chi connectivity index (χ4v) is 1.91. The molecule has 0 aliphatic rings. The lowest BCUT2D eigenvalue weighted by atomic mass is 10.3. The lowest BCUT2D eigenvalue weighted by Crippen LogP contribution is -2.38. The number of alkyl halides is 3. The Labute approximate surface area is 107 Å². The zero-order valence-corrected chi connectivity index (χ0v) is 10.4. The van der Waals surface area contributed by atoms with Crippen LogP contribution in [0.1, 0.15) is 5.69 Å². The van der Waals surface area contributed by atoms with Crippen LogP contribution in [-0.4, -0.2) is 40.4 Å². The summed E-state index contributed by atoms with van der Waals surface area (Å²) in [6.45, 7) is 0.886. The van der Waals surface area contributed by atoms with Crippen molar-refractivity contribution < 1.29 is 13.2 Å². The van der Waals surface area contributed by atoms with Crippen molar-refractivity contribution in [3.63, 3.8) is 0 Å². The molecule has 2 rings (SSSR count). The molecular weight excluding hydrogens is 259 g/mol. The molecule has 0 spiro atoms. The summed E-state index contributed by atoms with van der Waals surface area (Å²) in [5.74, 6) is 0.242. The van der Waals surface area contributed by atoms with Crippen LogP contribution in [0.5, 0.6) is 0 Å². The highest BCUT2D eigenvalue weighted by molar-refractivity contribution is 5.69. The first kappa shape index (κ1) is 13.6. The third kappa shape index (κ3) is 3.14. The van der Waals surface area contributed by atoms with Crippen molar-refractivity contribution in [2.75, 3.05) is 24.5 Å². The number of fused-ring (bicyclic) bond motifs is 1. The van der Waals surface area contributed by atoms with E-state index in [2.05, 4.69) is 10.1 Å². The van der Waals surface area contributed by atoms with E-state index in [1.54, 1.807) is 19.2 Å². The van der Waals surface area contributed by atoms with Gasteiger partial charge in [-0.2, -0.15) is 18.3 Å². The molecule has 0 aliphatic carbocycles. The van der Waals surface area contributed by atoms with E-state index in [0.717, 1.165) is 4.90 Å². The molecule has 0 fully saturated rings. The summed E-state index contributed by atoms with van der Waals surface area (Å²) < 4.78 is 39.3. The minimum absolute atomic E-state index is 0.0798. The number of anilines is 1. The average Bonchev–Trinajstić information content (AvgIpc) is 2.66. The van der Waals surface area contributed by atoms with Gasteiger partial charge in [0.2, 0.25) is 0 Å².